The monoisotopic (exact) mass is 290 g/mol. The Morgan fingerprint density at radius 1 is 0.773 bits per heavy atom. The van der Waals surface area contributed by atoms with Crippen molar-refractivity contribution in [3.63, 3.8) is 0 Å². The summed E-state index contributed by atoms with van der Waals surface area (Å²) in [6.07, 6.45) is 3.50. The number of rotatable bonds is 3. The van der Waals surface area contributed by atoms with Gasteiger partial charge in [0.15, 0.2) is 0 Å². The van der Waals surface area contributed by atoms with Gasteiger partial charge in [0.2, 0.25) is 0 Å². The zero-order valence-corrected chi connectivity index (χ0v) is 12.7. The highest BCUT2D eigenvalue weighted by Gasteiger charge is 2.19. The third-order valence-electron chi connectivity index (χ3n) is 3.68. The Labute approximate surface area is 130 Å². The number of phenols is 1. The molecular weight excluding hydrogens is 272 g/mol. The minimum atomic E-state index is 0.226. The standard InChI is InChI=1S/C19H18N2O/c1-13(2)14-9-10-17(22)19(16-8-4-6-12-21-16)18(14)15-7-3-5-11-20-15/h3-13,22H,1-2H3. The van der Waals surface area contributed by atoms with E-state index in [4.69, 9.17) is 0 Å². The smallest absolute Gasteiger partial charge is 0.125 e. The van der Waals surface area contributed by atoms with Crippen molar-refractivity contribution in [3.8, 4) is 28.3 Å². The van der Waals surface area contributed by atoms with E-state index in [1.807, 2.05) is 42.5 Å². The Kier molecular flexibility index (Phi) is 3.88. The minimum Gasteiger partial charge on any atom is -0.507 e. The van der Waals surface area contributed by atoms with Crippen LogP contribution in [0.5, 0.6) is 5.75 Å². The molecule has 3 rings (SSSR count). The van der Waals surface area contributed by atoms with Crippen LogP contribution in [0.15, 0.2) is 60.9 Å². The molecule has 0 atom stereocenters. The van der Waals surface area contributed by atoms with Crippen molar-refractivity contribution in [1.29, 1.82) is 0 Å². The molecule has 0 saturated carbocycles. The minimum absolute atomic E-state index is 0.226. The summed E-state index contributed by atoms with van der Waals surface area (Å²) < 4.78 is 0. The molecule has 1 aromatic carbocycles. The van der Waals surface area contributed by atoms with Crippen molar-refractivity contribution < 1.29 is 5.11 Å². The van der Waals surface area contributed by atoms with Crippen molar-refractivity contribution in [2.45, 2.75) is 19.8 Å². The van der Waals surface area contributed by atoms with E-state index >= 15 is 0 Å². The van der Waals surface area contributed by atoms with E-state index in [-0.39, 0.29) is 5.75 Å². The summed E-state index contributed by atoms with van der Waals surface area (Å²) >= 11 is 0. The van der Waals surface area contributed by atoms with Gasteiger partial charge in [-0.15, -0.1) is 0 Å². The van der Waals surface area contributed by atoms with Gasteiger partial charge in [-0.05, 0) is 41.8 Å². The van der Waals surface area contributed by atoms with Crippen LogP contribution in [0.4, 0.5) is 0 Å². The molecular formula is C19H18N2O. The maximum Gasteiger partial charge on any atom is 0.125 e. The molecule has 0 saturated heterocycles. The van der Waals surface area contributed by atoms with Gasteiger partial charge in [-0.3, -0.25) is 9.97 Å². The summed E-state index contributed by atoms with van der Waals surface area (Å²) in [6, 6.07) is 15.2. The first-order valence-corrected chi connectivity index (χ1v) is 7.37. The van der Waals surface area contributed by atoms with E-state index < -0.39 is 0 Å². The second kappa shape index (κ2) is 5.98. The first kappa shape index (κ1) is 14.3. The Balaban J connectivity index is 2.36. The van der Waals surface area contributed by atoms with Crippen molar-refractivity contribution in [2.24, 2.45) is 0 Å². The topological polar surface area (TPSA) is 46.0 Å². The summed E-state index contributed by atoms with van der Waals surface area (Å²) in [5.41, 5.74) is 4.45. The number of phenolic OH excluding ortho intramolecular Hbond substituents is 1. The molecule has 0 bridgehead atoms. The highest BCUT2D eigenvalue weighted by molar-refractivity contribution is 5.87. The molecule has 110 valence electrons. The molecule has 0 unspecified atom stereocenters. The van der Waals surface area contributed by atoms with Crippen LogP contribution in [-0.2, 0) is 0 Å². The molecule has 22 heavy (non-hydrogen) atoms. The number of hydrogen-bond acceptors (Lipinski definition) is 3. The maximum absolute atomic E-state index is 10.4. The van der Waals surface area contributed by atoms with Gasteiger partial charge in [0.1, 0.15) is 5.75 Å². The zero-order valence-electron chi connectivity index (χ0n) is 12.7. The molecule has 2 heterocycles. The van der Waals surface area contributed by atoms with Crippen LogP contribution in [-0.4, -0.2) is 15.1 Å². The quantitative estimate of drug-likeness (QED) is 0.764. The SMILES string of the molecule is CC(C)c1ccc(O)c(-c2ccccn2)c1-c1ccccn1. The molecule has 1 N–H and O–H groups in total. The lowest BCUT2D eigenvalue weighted by molar-refractivity contribution is 0.477. The van der Waals surface area contributed by atoms with Gasteiger partial charge in [-0.2, -0.15) is 0 Å². The lowest BCUT2D eigenvalue weighted by Gasteiger charge is -2.18. The first-order chi connectivity index (χ1) is 10.7. The fraction of sp³-hybridized carbons (Fsp3) is 0.158. The van der Waals surface area contributed by atoms with Crippen molar-refractivity contribution in [1.82, 2.24) is 9.97 Å². The van der Waals surface area contributed by atoms with Crippen LogP contribution in [0.2, 0.25) is 0 Å². The Morgan fingerprint density at radius 2 is 1.36 bits per heavy atom. The second-order valence-corrected chi connectivity index (χ2v) is 5.51. The third kappa shape index (κ3) is 2.58. The van der Waals surface area contributed by atoms with Gasteiger partial charge >= 0.3 is 0 Å². The maximum atomic E-state index is 10.4. The van der Waals surface area contributed by atoms with Crippen LogP contribution in [0.25, 0.3) is 22.5 Å². The Morgan fingerprint density at radius 3 is 1.86 bits per heavy atom. The Hall–Kier alpha value is -2.68. The Bertz CT molecular complexity index is 768. The van der Waals surface area contributed by atoms with E-state index in [9.17, 15) is 5.11 Å². The molecule has 0 aliphatic carbocycles. The molecule has 0 fully saturated rings. The predicted octanol–water partition coefficient (Wildman–Crippen LogP) is 4.64. The van der Waals surface area contributed by atoms with Gasteiger partial charge in [-0.25, -0.2) is 0 Å². The third-order valence-corrected chi connectivity index (χ3v) is 3.68. The summed E-state index contributed by atoms with van der Waals surface area (Å²) in [5, 5.41) is 10.4. The predicted molar refractivity (Wildman–Crippen MR) is 88.7 cm³/mol. The van der Waals surface area contributed by atoms with Crippen LogP contribution in [0.1, 0.15) is 25.3 Å². The average Bonchev–Trinajstić information content (AvgIpc) is 2.56. The van der Waals surface area contributed by atoms with Crippen molar-refractivity contribution >= 4 is 0 Å². The van der Waals surface area contributed by atoms with Gasteiger partial charge in [0, 0.05) is 18.0 Å². The first-order valence-electron chi connectivity index (χ1n) is 7.37. The molecule has 0 aliphatic rings. The van der Waals surface area contributed by atoms with E-state index in [0.29, 0.717) is 5.92 Å². The molecule has 0 radical (unpaired) electrons. The largest absolute Gasteiger partial charge is 0.507 e. The highest BCUT2D eigenvalue weighted by Crippen LogP contribution is 2.41. The molecule has 3 aromatic rings. The van der Waals surface area contributed by atoms with Crippen molar-refractivity contribution in [3.05, 3.63) is 66.5 Å². The van der Waals surface area contributed by atoms with Crippen LogP contribution in [0.3, 0.4) is 0 Å². The fourth-order valence-electron chi connectivity index (χ4n) is 2.65. The number of aromatic nitrogens is 2. The van der Waals surface area contributed by atoms with E-state index in [2.05, 4.69) is 23.8 Å². The lowest BCUT2D eigenvalue weighted by Crippen LogP contribution is -1.98. The summed E-state index contributed by atoms with van der Waals surface area (Å²) in [4.78, 5) is 8.89. The summed E-state index contributed by atoms with van der Waals surface area (Å²) in [5.74, 6) is 0.545. The average molecular weight is 290 g/mol. The van der Waals surface area contributed by atoms with Crippen molar-refractivity contribution in [2.75, 3.05) is 0 Å². The summed E-state index contributed by atoms with van der Waals surface area (Å²) in [7, 11) is 0. The molecule has 3 heteroatoms. The van der Waals surface area contributed by atoms with Crippen LogP contribution >= 0.6 is 0 Å². The zero-order chi connectivity index (χ0) is 15.5. The van der Waals surface area contributed by atoms with Gasteiger partial charge in [0.25, 0.3) is 0 Å². The highest BCUT2D eigenvalue weighted by atomic mass is 16.3. The van der Waals surface area contributed by atoms with Gasteiger partial charge < -0.3 is 5.11 Å². The van der Waals surface area contributed by atoms with E-state index in [1.165, 1.54) is 0 Å². The molecule has 2 aromatic heterocycles. The number of pyridine rings is 2. The van der Waals surface area contributed by atoms with E-state index in [1.54, 1.807) is 18.5 Å². The van der Waals surface area contributed by atoms with Crippen LogP contribution < -0.4 is 0 Å². The number of benzene rings is 1. The normalized spacial score (nSPS) is 10.9. The molecule has 0 aliphatic heterocycles. The number of hydrogen-bond donors (Lipinski definition) is 1. The summed E-state index contributed by atoms with van der Waals surface area (Å²) in [6.45, 7) is 4.28. The second-order valence-electron chi connectivity index (χ2n) is 5.51. The molecule has 0 amide bonds. The molecule has 0 spiro atoms. The fourth-order valence-corrected chi connectivity index (χ4v) is 2.65. The molecule has 3 nitrogen and oxygen atoms in total. The lowest BCUT2D eigenvalue weighted by atomic mass is 9.89. The van der Waals surface area contributed by atoms with Crippen LogP contribution in [0, 0.1) is 0 Å². The van der Waals surface area contributed by atoms with Gasteiger partial charge in [-0.1, -0.05) is 32.0 Å². The van der Waals surface area contributed by atoms with Gasteiger partial charge in [0.05, 0.1) is 17.0 Å². The number of aromatic hydroxyl groups is 1. The number of nitrogens with zero attached hydrogens (tertiary/aromatic N) is 2. The van der Waals surface area contributed by atoms with E-state index in [0.717, 1.165) is 28.1 Å².